The number of hydrogen-bond donors (Lipinski definition) is 1. The maximum Gasteiger partial charge on any atom is 0.419 e. The molecule has 16 heavy (non-hydrogen) atoms. The number of aromatic nitrogens is 1. The molecule has 0 aliphatic rings. The van der Waals surface area contributed by atoms with E-state index in [4.69, 9.17) is 10.2 Å². The quantitative estimate of drug-likeness (QED) is 0.774. The smallest absolute Gasteiger partial charge is 0.408 e. The molecule has 0 aliphatic carbocycles. The lowest BCUT2D eigenvalue weighted by molar-refractivity contribution is 0.100. The summed E-state index contributed by atoms with van der Waals surface area (Å²) in [5.74, 6) is -0.562. The van der Waals surface area contributed by atoms with E-state index >= 15 is 0 Å². The van der Waals surface area contributed by atoms with Crippen molar-refractivity contribution in [1.29, 1.82) is 0 Å². The van der Waals surface area contributed by atoms with E-state index in [2.05, 4.69) is 0 Å². The first-order valence-electron chi connectivity index (χ1n) is 5.04. The highest BCUT2D eigenvalue weighted by molar-refractivity contribution is 5.99. The van der Waals surface area contributed by atoms with Gasteiger partial charge in [-0.25, -0.2) is 4.79 Å². The molecule has 2 aromatic rings. The minimum Gasteiger partial charge on any atom is -0.408 e. The fraction of sp³-hybridized carbons (Fsp3) is 0.273. The van der Waals surface area contributed by atoms with E-state index in [1.807, 2.05) is 6.92 Å². The number of carbonyl (C=O) groups is 1. The summed E-state index contributed by atoms with van der Waals surface area (Å²) in [5, 5.41) is 0. The zero-order chi connectivity index (χ0) is 11.7. The second kappa shape index (κ2) is 3.94. The van der Waals surface area contributed by atoms with E-state index in [9.17, 15) is 9.59 Å². The van der Waals surface area contributed by atoms with Gasteiger partial charge in [0.15, 0.2) is 11.4 Å². The Kier molecular flexibility index (Phi) is 2.62. The number of hydrogen-bond acceptors (Lipinski definition) is 4. The molecule has 1 aromatic heterocycles. The minimum atomic E-state index is -0.408. The standard InChI is InChI=1S/C11H12N2O3/c1-2-13-8-5-7(9(14)6-12)3-4-10(8)16-11(13)15/h3-5H,2,6,12H2,1H3. The fourth-order valence-corrected chi connectivity index (χ4v) is 1.65. The number of oxazole rings is 1. The van der Waals surface area contributed by atoms with Crippen molar-refractivity contribution in [2.45, 2.75) is 13.5 Å². The molecule has 5 heteroatoms. The number of nitrogens with zero attached hydrogens (tertiary/aromatic N) is 1. The molecule has 0 aliphatic heterocycles. The fourth-order valence-electron chi connectivity index (χ4n) is 1.65. The average molecular weight is 220 g/mol. The van der Waals surface area contributed by atoms with Crippen molar-refractivity contribution in [3.63, 3.8) is 0 Å². The number of aryl methyl sites for hydroxylation is 1. The van der Waals surface area contributed by atoms with Crippen LogP contribution in [-0.2, 0) is 6.54 Å². The maximum absolute atomic E-state index is 11.4. The minimum absolute atomic E-state index is 0.0419. The Bertz CT molecular complexity index is 595. The Balaban J connectivity index is 2.68. The van der Waals surface area contributed by atoms with Gasteiger partial charge in [0.05, 0.1) is 12.1 Å². The first-order valence-corrected chi connectivity index (χ1v) is 5.04. The van der Waals surface area contributed by atoms with Gasteiger partial charge in [-0.2, -0.15) is 0 Å². The normalized spacial score (nSPS) is 10.9. The number of fused-ring (bicyclic) bond motifs is 1. The van der Waals surface area contributed by atoms with Crippen molar-refractivity contribution in [1.82, 2.24) is 4.57 Å². The van der Waals surface area contributed by atoms with Gasteiger partial charge in [0.2, 0.25) is 0 Å². The van der Waals surface area contributed by atoms with Gasteiger partial charge in [0.1, 0.15) is 0 Å². The van der Waals surface area contributed by atoms with E-state index in [0.717, 1.165) is 0 Å². The van der Waals surface area contributed by atoms with Crippen LogP contribution >= 0.6 is 0 Å². The van der Waals surface area contributed by atoms with Gasteiger partial charge in [-0.05, 0) is 25.1 Å². The van der Waals surface area contributed by atoms with Gasteiger partial charge in [0.25, 0.3) is 0 Å². The Morgan fingerprint density at radius 3 is 2.88 bits per heavy atom. The highest BCUT2D eigenvalue weighted by atomic mass is 16.4. The largest absolute Gasteiger partial charge is 0.419 e. The second-order valence-corrected chi connectivity index (χ2v) is 3.42. The van der Waals surface area contributed by atoms with E-state index in [1.54, 1.807) is 18.2 Å². The van der Waals surface area contributed by atoms with Crippen molar-refractivity contribution in [3.05, 3.63) is 34.3 Å². The third kappa shape index (κ3) is 1.55. The summed E-state index contributed by atoms with van der Waals surface area (Å²) in [7, 11) is 0. The van der Waals surface area contributed by atoms with E-state index in [1.165, 1.54) is 4.57 Å². The summed E-state index contributed by atoms with van der Waals surface area (Å²) < 4.78 is 6.50. The maximum atomic E-state index is 11.4. The van der Waals surface area contributed by atoms with Crippen molar-refractivity contribution in [2.75, 3.05) is 6.54 Å². The molecule has 0 atom stereocenters. The molecule has 2 N–H and O–H groups in total. The van der Waals surface area contributed by atoms with Crippen LogP contribution in [0, 0.1) is 0 Å². The Hall–Kier alpha value is -1.88. The number of ketones is 1. The Morgan fingerprint density at radius 1 is 1.50 bits per heavy atom. The van der Waals surface area contributed by atoms with Crippen molar-refractivity contribution < 1.29 is 9.21 Å². The molecule has 1 heterocycles. The van der Waals surface area contributed by atoms with Gasteiger partial charge in [0, 0.05) is 12.1 Å². The predicted molar refractivity (Wildman–Crippen MR) is 59.5 cm³/mol. The van der Waals surface area contributed by atoms with Gasteiger partial charge in [-0.1, -0.05) is 0 Å². The molecule has 2 rings (SSSR count). The van der Waals surface area contributed by atoms with Crippen molar-refractivity contribution in [2.24, 2.45) is 5.73 Å². The monoisotopic (exact) mass is 220 g/mol. The molecular weight excluding hydrogens is 208 g/mol. The first-order chi connectivity index (χ1) is 7.67. The molecule has 1 aromatic carbocycles. The van der Waals surface area contributed by atoms with Crippen LogP contribution in [0.4, 0.5) is 0 Å². The van der Waals surface area contributed by atoms with E-state index < -0.39 is 5.76 Å². The van der Waals surface area contributed by atoms with Crippen LogP contribution in [0.1, 0.15) is 17.3 Å². The molecule has 0 bridgehead atoms. The third-order valence-electron chi connectivity index (χ3n) is 2.49. The zero-order valence-electron chi connectivity index (χ0n) is 8.90. The molecule has 0 spiro atoms. The molecule has 0 amide bonds. The highest BCUT2D eigenvalue weighted by Crippen LogP contribution is 2.15. The molecule has 0 saturated heterocycles. The van der Waals surface area contributed by atoms with Crippen LogP contribution in [-0.4, -0.2) is 16.9 Å². The number of benzene rings is 1. The van der Waals surface area contributed by atoms with Crippen LogP contribution in [0.25, 0.3) is 11.1 Å². The van der Waals surface area contributed by atoms with Crippen molar-refractivity contribution in [3.8, 4) is 0 Å². The summed E-state index contributed by atoms with van der Waals surface area (Å²) in [5.41, 5.74) is 6.90. The summed E-state index contributed by atoms with van der Waals surface area (Å²) in [6, 6.07) is 4.87. The first kappa shape index (κ1) is 10.6. The highest BCUT2D eigenvalue weighted by Gasteiger charge is 2.10. The van der Waals surface area contributed by atoms with Gasteiger partial charge in [-0.15, -0.1) is 0 Å². The average Bonchev–Trinajstić information content (AvgIpc) is 2.62. The van der Waals surface area contributed by atoms with Crippen LogP contribution in [0.2, 0.25) is 0 Å². The number of nitrogens with two attached hydrogens (primary N) is 1. The molecule has 0 unspecified atom stereocenters. The summed E-state index contributed by atoms with van der Waals surface area (Å²) >= 11 is 0. The molecule has 5 nitrogen and oxygen atoms in total. The predicted octanol–water partition coefficient (Wildman–Crippen LogP) is 0.756. The topological polar surface area (TPSA) is 78.2 Å². The van der Waals surface area contributed by atoms with Gasteiger partial charge in [-0.3, -0.25) is 9.36 Å². The van der Waals surface area contributed by atoms with Gasteiger partial charge < -0.3 is 10.2 Å². The van der Waals surface area contributed by atoms with E-state index in [0.29, 0.717) is 23.2 Å². The number of rotatable bonds is 3. The number of carbonyl (C=O) groups excluding carboxylic acids is 1. The zero-order valence-corrected chi connectivity index (χ0v) is 8.90. The third-order valence-corrected chi connectivity index (χ3v) is 2.49. The summed E-state index contributed by atoms with van der Waals surface area (Å²) in [6.45, 7) is 2.31. The second-order valence-electron chi connectivity index (χ2n) is 3.42. The lowest BCUT2D eigenvalue weighted by Crippen LogP contribution is -2.14. The summed E-state index contributed by atoms with van der Waals surface area (Å²) in [6.07, 6.45) is 0. The van der Waals surface area contributed by atoms with Crippen LogP contribution in [0.5, 0.6) is 0 Å². The Morgan fingerprint density at radius 2 is 2.25 bits per heavy atom. The molecule has 0 fully saturated rings. The lowest BCUT2D eigenvalue weighted by atomic mass is 10.1. The molecule has 0 saturated carbocycles. The molecular formula is C11H12N2O3. The number of Topliss-reactive ketones (excluding diaryl/α,β-unsaturated/α-hetero) is 1. The molecule has 0 radical (unpaired) electrons. The van der Waals surface area contributed by atoms with Crippen LogP contribution < -0.4 is 11.5 Å². The van der Waals surface area contributed by atoms with Crippen LogP contribution in [0.15, 0.2) is 27.4 Å². The lowest BCUT2D eigenvalue weighted by Gasteiger charge is -1.99. The summed E-state index contributed by atoms with van der Waals surface area (Å²) in [4.78, 5) is 22.8. The van der Waals surface area contributed by atoms with Crippen molar-refractivity contribution >= 4 is 16.9 Å². The Labute approximate surface area is 91.5 Å². The van der Waals surface area contributed by atoms with Crippen LogP contribution in [0.3, 0.4) is 0 Å². The van der Waals surface area contributed by atoms with Gasteiger partial charge >= 0.3 is 5.76 Å². The SMILES string of the molecule is CCn1c(=O)oc2ccc(C(=O)CN)cc21. The van der Waals surface area contributed by atoms with E-state index in [-0.39, 0.29) is 12.3 Å². The molecule has 84 valence electrons.